The van der Waals surface area contributed by atoms with Crippen LogP contribution in [-0.2, 0) is 17.8 Å². The highest BCUT2D eigenvalue weighted by Crippen LogP contribution is 2.29. The number of carbonyl (C=O) groups excluding carboxylic acids is 2. The average molecular weight is 320 g/mol. The summed E-state index contributed by atoms with van der Waals surface area (Å²) < 4.78 is 0. The summed E-state index contributed by atoms with van der Waals surface area (Å²) in [7, 11) is 0. The van der Waals surface area contributed by atoms with E-state index in [4.69, 9.17) is 5.26 Å². The van der Waals surface area contributed by atoms with Gasteiger partial charge < -0.3 is 10.2 Å². The summed E-state index contributed by atoms with van der Waals surface area (Å²) >= 11 is 0. The third-order valence-electron chi connectivity index (χ3n) is 3.92. The van der Waals surface area contributed by atoms with E-state index in [-0.39, 0.29) is 18.2 Å². The van der Waals surface area contributed by atoms with Gasteiger partial charge in [-0.05, 0) is 24.3 Å². The highest BCUT2D eigenvalue weighted by atomic mass is 16.2. The second-order valence-corrected chi connectivity index (χ2v) is 5.51. The van der Waals surface area contributed by atoms with Gasteiger partial charge in [-0.2, -0.15) is 5.26 Å². The minimum absolute atomic E-state index is 0.0442. The molecule has 1 aliphatic rings. The maximum absolute atomic E-state index is 12.5. The minimum atomic E-state index is -0.370. The van der Waals surface area contributed by atoms with Crippen molar-refractivity contribution in [3.63, 3.8) is 0 Å². The Hall–Kier alpha value is -3.20. The SMILES string of the molecule is N#CCC(=O)Nc1cccc2c1CN(CCc1ccccn1)C2=O. The Kier molecular flexibility index (Phi) is 4.52. The van der Waals surface area contributed by atoms with Crippen LogP contribution in [0.15, 0.2) is 42.6 Å². The molecule has 2 heterocycles. The van der Waals surface area contributed by atoms with Crippen LogP contribution in [0, 0.1) is 11.3 Å². The molecule has 1 aromatic carbocycles. The third-order valence-corrected chi connectivity index (χ3v) is 3.92. The number of nitriles is 1. The van der Waals surface area contributed by atoms with Crippen molar-refractivity contribution in [3.8, 4) is 6.07 Å². The number of hydrogen-bond donors (Lipinski definition) is 1. The molecule has 0 fully saturated rings. The van der Waals surface area contributed by atoms with Crippen molar-refractivity contribution in [2.24, 2.45) is 0 Å². The molecular weight excluding hydrogens is 304 g/mol. The van der Waals surface area contributed by atoms with Crippen molar-refractivity contribution in [2.75, 3.05) is 11.9 Å². The van der Waals surface area contributed by atoms with E-state index in [9.17, 15) is 9.59 Å². The number of aromatic nitrogens is 1. The van der Waals surface area contributed by atoms with E-state index in [1.54, 1.807) is 29.3 Å². The van der Waals surface area contributed by atoms with Crippen LogP contribution in [0.1, 0.15) is 28.0 Å². The first-order valence-corrected chi connectivity index (χ1v) is 7.67. The normalized spacial score (nSPS) is 12.6. The van der Waals surface area contributed by atoms with Gasteiger partial charge in [0.15, 0.2) is 0 Å². The van der Waals surface area contributed by atoms with Gasteiger partial charge >= 0.3 is 0 Å². The summed E-state index contributed by atoms with van der Waals surface area (Å²) in [4.78, 5) is 30.2. The van der Waals surface area contributed by atoms with Crippen molar-refractivity contribution in [1.82, 2.24) is 9.88 Å². The molecule has 0 saturated carbocycles. The topological polar surface area (TPSA) is 86.1 Å². The zero-order valence-electron chi connectivity index (χ0n) is 13.0. The number of amides is 2. The van der Waals surface area contributed by atoms with Crippen LogP contribution in [-0.4, -0.2) is 28.2 Å². The van der Waals surface area contributed by atoms with Crippen molar-refractivity contribution in [3.05, 3.63) is 59.4 Å². The lowest BCUT2D eigenvalue weighted by Gasteiger charge is -2.15. The number of nitrogens with zero attached hydrogens (tertiary/aromatic N) is 3. The molecule has 0 atom stereocenters. The van der Waals surface area contributed by atoms with Gasteiger partial charge in [0.2, 0.25) is 5.91 Å². The predicted molar refractivity (Wildman–Crippen MR) is 88.0 cm³/mol. The summed E-state index contributed by atoms with van der Waals surface area (Å²) in [6, 6.07) is 12.8. The fourth-order valence-electron chi connectivity index (χ4n) is 2.75. The van der Waals surface area contributed by atoms with E-state index in [1.165, 1.54) is 0 Å². The standard InChI is InChI=1S/C18H16N4O2/c19-9-7-17(23)21-16-6-3-5-14-15(16)12-22(18(14)24)11-8-13-4-1-2-10-20-13/h1-6,10H,7-8,11-12H2,(H,21,23). The number of nitrogens with one attached hydrogen (secondary N) is 1. The van der Waals surface area contributed by atoms with Crippen LogP contribution >= 0.6 is 0 Å². The number of carbonyl (C=O) groups is 2. The first-order valence-electron chi connectivity index (χ1n) is 7.67. The van der Waals surface area contributed by atoms with Crippen LogP contribution < -0.4 is 5.32 Å². The van der Waals surface area contributed by atoms with E-state index in [0.29, 0.717) is 30.8 Å². The summed E-state index contributed by atoms with van der Waals surface area (Å²) in [6.45, 7) is 1.01. The van der Waals surface area contributed by atoms with Crippen LogP contribution in [0.2, 0.25) is 0 Å². The number of benzene rings is 1. The summed E-state index contributed by atoms with van der Waals surface area (Å²) in [6.07, 6.45) is 2.20. The predicted octanol–water partition coefficient (Wildman–Crippen LogP) is 2.13. The highest BCUT2D eigenvalue weighted by Gasteiger charge is 2.29. The minimum Gasteiger partial charge on any atom is -0.334 e. The van der Waals surface area contributed by atoms with Gasteiger partial charge in [-0.15, -0.1) is 0 Å². The van der Waals surface area contributed by atoms with Gasteiger partial charge in [0.25, 0.3) is 5.91 Å². The van der Waals surface area contributed by atoms with Gasteiger partial charge in [-0.3, -0.25) is 14.6 Å². The molecule has 6 nitrogen and oxygen atoms in total. The van der Waals surface area contributed by atoms with Gasteiger partial charge in [0.05, 0.1) is 6.07 Å². The fourth-order valence-corrected chi connectivity index (χ4v) is 2.75. The van der Waals surface area contributed by atoms with E-state index in [0.717, 1.165) is 11.3 Å². The summed E-state index contributed by atoms with van der Waals surface area (Å²) in [5.41, 5.74) is 2.94. The molecule has 1 aliphatic heterocycles. The van der Waals surface area contributed by atoms with E-state index in [2.05, 4.69) is 10.3 Å². The maximum atomic E-state index is 12.5. The second-order valence-electron chi connectivity index (χ2n) is 5.51. The van der Waals surface area contributed by atoms with Crippen molar-refractivity contribution < 1.29 is 9.59 Å². The van der Waals surface area contributed by atoms with Crippen molar-refractivity contribution in [2.45, 2.75) is 19.4 Å². The van der Waals surface area contributed by atoms with Crippen LogP contribution in [0.5, 0.6) is 0 Å². The fraction of sp³-hybridized carbons (Fsp3) is 0.222. The molecule has 0 bridgehead atoms. The molecule has 2 amide bonds. The Bertz CT molecular complexity index is 812. The van der Waals surface area contributed by atoms with E-state index in [1.807, 2.05) is 24.3 Å². The second kappa shape index (κ2) is 6.92. The van der Waals surface area contributed by atoms with Gasteiger partial charge in [0, 0.05) is 48.2 Å². The lowest BCUT2D eigenvalue weighted by molar-refractivity contribution is -0.115. The Morgan fingerprint density at radius 1 is 1.29 bits per heavy atom. The van der Waals surface area contributed by atoms with Gasteiger partial charge in [0.1, 0.15) is 6.42 Å². The number of anilines is 1. The molecule has 0 aliphatic carbocycles. The molecule has 0 spiro atoms. The summed E-state index contributed by atoms with van der Waals surface area (Å²) in [5.74, 6) is -0.414. The number of pyridine rings is 1. The average Bonchev–Trinajstić information content (AvgIpc) is 2.92. The monoisotopic (exact) mass is 320 g/mol. The largest absolute Gasteiger partial charge is 0.334 e. The first kappa shape index (κ1) is 15.7. The molecule has 0 unspecified atom stereocenters. The Morgan fingerprint density at radius 3 is 2.92 bits per heavy atom. The lowest BCUT2D eigenvalue weighted by Crippen LogP contribution is -2.26. The van der Waals surface area contributed by atoms with E-state index < -0.39 is 0 Å². The van der Waals surface area contributed by atoms with Crippen molar-refractivity contribution in [1.29, 1.82) is 5.26 Å². The molecule has 0 saturated heterocycles. The van der Waals surface area contributed by atoms with Crippen LogP contribution in [0.4, 0.5) is 5.69 Å². The lowest BCUT2D eigenvalue weighted by atomic mass is 10.1. The maximum Gasteiger partial charge on any atom is 0.254 e. The van der Waals surface area contributed by atoms with E-state index >= 15 is 0 Å². The Morgan fingerprint density at radius 2 is 2.17 bits per heavy atom. The molecule has 3 rings (SSSR count). The highest BCUT2D eigenvalue weighted by molar-refractivity contribution is 6.02. The summed E-state index contributed by atoms with van der Waals surface area (Å²) in [5, 5.41) is 11.3. The molecule has 1 N–H and O–H groups in total. The Labute approximate surface area is 139 Å². The molecule has 24 heavy (non-hydrogen) atoms. The van der Waals surface area contributed by atoms with Crippen LogP contribution in [0.25, 0.3) is 0 Å². The van der Waals surface area contributed by atoms with Crippen LogP contribution in [0.3, 0.4) is 0 Å². The Balaban J connectivity index is 1.72. The molecule has 120 valence electrons. The molecule has 6 heteroatoms. The number of hydrogen-bond acceptors (Lipinski definition) is 4. The number of rotatable bonds is 5. The first-order chi connectivity index (χ1) is 11.7. The number of fused-ring (bicyclic) bond motifs is 1. The van der Waals surface area contributed by atoms with Crippen molar-refractivity contribution >= 4 is 17.5 Å². The van der Waals surface area contributed by atoms with Gasteiger partial charge in [-0.25, -0.2) is 0 Å². The molecule has 0 radical (unpaired) electrons. The smallest absolute Gasteiger partial charge is 0.254 e. The quantitative estimate of drug-likeness (QED) is 0.914. The zero-order valence-corrected chi connectivity index (χ0v) is 13.0. The molecule has 2 aromatic rings. The molecule has 1 aromatic heterocycles. The molecular formula is C18H16N4O2. The third kappa shape index (κ3) is 3.25. The zero-order chi connectivity index (χ0) is 16.9. The van der Waals surface area contributed by atoms with Gasteiger partial charge in [-0.1, -0.05) is 12.1 Å².